The molecule has 0 saturated heterocycles. The van der Waals surface area contributed by atoms with Crippen LogP contribution in [0.5, 0.6) is 0 Å². The second-order valence-corrected chi connectivity index (χ2v) is 10.2. The summed E-state index contributed by atoms with van der Waals surface area (Å²) in [6.45, 7) is 0. The first-order chi connectivity index (χ1) is 10.5. The molecule has 7 heteroatoms. The lowest BCUT2D eigenvalue weighted by Crippen LogP contribution is -2.28. The maximum absolute atomic E-state index is 11.7. The Balaban J connectivity index is 1.60. The van der Waals surface area contributed by atoms with Crippen molar-refractivity contribution in [3.05, 3.63) is 5.89 Å². The number of hydrogen-bond donors (Lipinski definition) is 0. The topological polar surface area (TPSA) is 73.1 Å². The molecule has 0 unspecified atom stereocenters. The Morgan fingerprint density at radius 2 is 1.82 bits per heavy atom. The van der Waals surface area contributed by atoms with Gasteiger partial charge in [0.05, 0.1) is 5.25 Å². The largest absolute Gasteiger partial charge is 0.416 e. The lowest BCUT2D eigenvalue weighted by Gasteiger charge is -2.26. The van der Waals surface area contributed by atoms with Gasteiger partial charge in [-0.2, -0.15) is 0 Å². The van der Waals surface area contributed by atoms with Crippen LogP contribution < -0.4 is 0 Å². The number of hydrogen-bond acceptors (Lipinski definition) is 6. The van der Waals surface area contributed by atoms with Gasteiger partial charge in [-0.05, 0) is 32.1 Å². The molecule has 0 aromatic carbocycles. The van der Waals surface area contributed by atoms with E-state index in [9.17, 15) is 8.42 Å². The van der Waals surface area contributed by atoms with Crippen molar-refractivity contribution in [2.45, 2.75) is 79.4 Å². The molecule has 0 radical (unpaired) electrons. The molecule has 2 aliphatic carbocycles. The molecule has 0 bridgehead atoms. The standard InChI is InChI=1S/C15H24N2O3S2/c1-22(18,19)13-9-5-8-12(10-13)21-15-17-16-14(20-15)11-6-3-2-4-7-11/h11-13H,2-10H2,1H3/t12-,13-/m1/s1. The summed E-state index contributed by atoms with van der Waals surface area (Å²) in [6, 6.07) is 0. The molecule has 2 atom stereocenters. The summed E-state index contributed by atoms with van der Waals surface area (Å²) in [7, 11) is -2.94. The third kappa shape index (κ3) is 4.04. The Hall–Kier alpha value is -0.560. The van der Waals surface area contributed by atoms with Crippen molar-refractivity contribution in [2.75, 3.05) is 6.26 Å². The Kier molecular flexibility index (Phi) is 5.12. The number of rotatable bonds is 4. The van der Waals surface area contributed by atoms with Crippen molar-refractivity contribution in [1.82, 2.24) is 10.2 Å². The summed E-state index contributed by atoms with van der Waals surface area (Å²) in [5.74, 6) is 1.20. The predicted molar refractivity (Wildman–Crippen MR) is 86.9 cm³/mol. The SMILES string of the molecule is CS(=O)(=O)[C@@H]1CCC[C@@H](Sc2nnc(C3CCCCC3)o2)C1. The fourth-order valence-electron chi connectivity index (χ4n) is 3.52. The van der Waals surface area contributed by atoms with Crippen LogP contribution in [-0.4, -0.2) is 35.4 Å². The molecule has 1 aromatic rings. The van der Waals surface area contributed by atoms with E-state index in [1.54, 1.807) is 11.8 Å². The molecule has 22 heavy (non-hydrogen) atoms. The molecular formula is C15H24N2O3S2. The van der Waals surface area contributed by atoms with Crippen LogP contribution in [0, 0.1) is 0 Å². The minimum Gasteiger partial charge on any atom is -0.416 e. The van der Waals surface area contributed by atoms with Crippen molar-refractivity contribution in [2.24, 2.45) is 0 Å². The van der Waals surface area contributed by atoms with Crippen molar-refractivity contribution >= 4 is 21.6 Å². The first-order valence-electron chi connectivity index (χ1n) is 8.21. The van der Waals surface area contributed by atoms with Crippen molar-refractivity contribution in [3.63, 3.8) is 0 Å². The normalized spacial score (nSPS) is 27.9. The molecule has 2 aliphatic rings. The molecule has 5 nitrogen and oxygen atoms in total. The fraction of sp³-hybridized carbons (Fsp3) is 0.867. The van der Waals surface area contributed by atoms with Crippen molar-refractivity contribution in [1.29, 1.82) is 0 Å². The van der Waals surface area contributed by atoms with Gasteiger partial charge in [-0.15, -0.1) is 10.2 Å². The zero-order chi connectivity index (χ0) is 15.6. The molecule has 0 N–H and O–H groups in total. The van der Waals surface area contributed by atoms with Crippen LogP contribution in [0.15, 0.2) is 9.64 Å². The van der Waals surface area contributed by atoms with Crippen LogP contribution in [0.2, 0.25) is 0 Å². The molecule has 0 spiro atoms. The quantitative estimate of drug-likeness (QED) is 0.831. The van der Waals surface area contributed by atoms with Crippen LogP contribution in [0.4, 0.5) is 0 Å². The minimum absolute atomic E-state index is 0.209. The van der Waals surface area contributed by atoms with Gasteiger partial charge < -0.3 is 4.42 Å². The molecule has 0 amide bonds. The van der Waals surface area contributed by atoms with E-state index >= 15 is 0 Å². The van der Waals surface area contributed by atoms with Crippen LogP contribution in [0.3, 0.4) is 0 Å². The van der Waals surface area contributed by atoms with Crippen LogP contribution in [0.1, 0.15) is 69.6 Å². The zero-order valence-corrected chi connectivity index (χ0v) is 14.7. The summed E-state index contributed by atoms with van der Waals surface area (Å²) in [6.07, 6.45) is 10.9. The van der Waals surface area contributed by atoms with E-state index in [0.29, 0.717) is 17.6 Å². The molecule has 2 saturated carbocycles. The van der Waals surface area contributed by atoms with Gasteiger partial charge in [0.15, 0.2) is 0 Å². The number of thioether (sulfide) groups is 1. The smallest absolute Gasteiger partial charge is 0.276 e. The maximum atomic E-state index is 11.7. The lowest BCUT2D eigenvalue weighted by atomic mass is 9.89. The lowest BCUT2D eigenvalue weighted by molar-refractivity contribution is 0.333. The van der Waals surface area contributed by atoms with Gasteiger partial charge in [-0.3, -0.25) is 0 Å². The highest BCUT2D eigenvalue weighted by molar-refractivity contribution is 7.99. The molecule has 3 rings (SSSR count). The second kappa shape index (κ2) is 6.91. The predicted octanol–water partition coefficient (Wildman–Crippen LogP) is 3.57. The van der Waals surface area contributed by atoms with Gasteiger partial charge in [0.2, 0.25) is 5.89 Å². The molecule has 1 heterocycles. The van der Waals surface area contributed by atoms with Gasteiger partial charge in [0.25, 0.3) is 5.22 Å². The highest BCUT2D eigenvalue weighted by Gasteiger charge is 2.30. The molecule has 1 aromatic heterocycles. The van der Waals surface area contributed by atoms with Gasteiger partial charge in [0, 0.05) is 17.4 Å². The number of nitrogens with zero attached hydrogens (tertiary/aromatic N) is 2. The Bertz CT molecular complexity index is 594. The summed E-state index contributed by atoms with van der Waals surface area (Å²) in [5, 5.41) is 9.06. The third-order valence-corrected chi connectivity index (χ3v) is 7.59. The Morgan fingerprint density at radius 3 is 2.55 bits per heavy atom. The van der Waals surface area contributed by atoms with Gasteiger partial charge in [0.1, 0.15) is 9.84 Å². The highest BCUT2D eigenvalue weighted by Crippen LogP contribution is 2.37. The minimum atomic E-state index is -2.94. The van der Waals surface area contributed by atoms with E-state index in [4.69, 9.17) is 4.42 Å². The van der Waals surface area contributed by atoms with Crippen molar-refractivity contribution < 1.29 is 12.8 Å². The number of sulfone groups is 1. The Morgan fingerprint density at radius 1 is 1.05 bits per heavy atom. The first-order valence-corrected chi connectivity index (χ1v) is 11.0. The summed E-state index contributed by atoms with van der Waals surface area (Å²) < 4.78 is 29.3. The van der Waals surface area contributed by atoms with Crippen LogP contribution in [-0.2, 0) is 9.84 Å². The highest BCUT2D eigenvalue weighted by atomic mass is 32.2. The fourth-order valence-corrected chi connectivity index (χ4v) is 5.94. The molecule has 124 valence electrons. The van der Waals surface area contributed by atoms with Crippen LogP contribution >= 0.6 is 11.8 Å². The maximum Gasteiger partial charge on any atom is 0.276 e. The average Bonchev–Trinajstić information content (AvgIpc) is 2.96. The molecule has 2 fully saturated rings. The van der Waals surface area contributed by atoms with Gasteiger partial charge in [-0.1, -0.05) is 37.4 Å². The zero-order valence-electron chi connectivity index (χ0n) is 13.0. The van der Waals surface area contributed by atoms with E-state index in [1.165, 1.54) is 25.5 Å². The van der Waals surface area contributed by atoms with E-state index in [2.05, 4.69) is 10.2 Å². The van der Waals surface area contributed by atoms with E-state index in [-0.39, 0.29) is 10.5 Å². The average molecular weight is 345 g/mol. The summed E-state index contributed by atoms with van der Waals surface area (Å²) in [4.78, 5) is 0. The van der Waals surface area contributed by atoms with E-state index in [1.807, 2.05) is 0 Å². The second-order valence-electron chi connectivity index (χ2n) is 6.60. The molecular weight excluding hydrogens is 320 g/mol. The molecule has 0 aliphatic heterocycles. The monoisotopic (exact) mass is 344 g/mol. The number of aromatic nitrogens is 2. The van der Waals surface area contributed by atoms with Crippen LogP contribution in [0.25, 0.3) is 0 Å². The van der Waals surface area contributed by atoms with E-state index in [0.717, 1.165) is 38.0 Å². The van der Waals surface area contributed by atoms with E-state index < -0.39 is 9.84 Å². The van der Waals surface area contributed by atoms with Gasteiger partial charge in [-0.25, -0.2) is 8.42 Å². The summed E-state index contributed by atoms with van der Waals surface area (Å²) in [5.41, 5.74) is 0. The third-order valence-electron chi connectivity index (χ3n) is 4.83. The van der Waals surface area contributed by atoms with Gasteiger partial charge >= 0.3 is 0 Å². The van der Waals surface area contributed by atoms with Crippen molar-refractivity contribution in [3.8, 4) is 0 Å². The summed E-state index contributed by atoms with van der Waals surface area (Å²) >= 11 is 1.56. The Labute approximate surface area is 136 Å². The first kappa shape index (κ1) is 16.3.